The summed E-state index contributed by atoms with van der Waals surface area (Å²) in [6.45, 7) is 0. The maximum Gasteiger partial charge on any atom is 0.359 e. The van der Waals surface area contributed by atoms with E-state index in [2.05, 4.69) is 11.7 Å². The van der Waals surface area contributed by atoms with Crippen LogP contribution in [0.5, 0.6) is 0 Å². The van der Waals surface area contributed by atoms with Crippen LogP contribution in [0.4, 0.5) is 17.6 Å². The smallest absolute Gasteiger partial charge is 0.359 e. The Hall–Kier alpha value is -0.970. The van der Waals surface area contributed by atoms with Crippen molar-refractivity contribution in [3.8, 4) is 0 Å². The lowest BCUT2D eigenvalue weighted by atomic mass is 10.1. The van der Waals surface area contributed by atoms with E-state index in [-0.39, 0.29) is 0 Å². The van der Waals surface area contributed by atoms with Crippen molar-refractivity contribution in [1.29, 1.82) is 0 Å². The minimum atomic E-state index is -5.08. The Balaban J connectivity index is 5.13. The summed E-state index contributed by atoms with van der Waals surface area (Å²) in [5.74, 6) is 1.72. The molecule has 0 aliphatic rings. The molecule has 14 heavy (non-hydrogen) atoms. The molecule has 7 N–H and O–H groups in total. The van der Waals surface area contributed by atoms with Crippen molar-refractivity contribution < 1.29 is 27.5 Å². The lowest BCUT2D eigenvalue weighted by Crippen LogP contribution is -2.72. The van der Waals surface area contributed by atoms with Gasteiger partial charge in [-0.2, -0.15) is 8.78 Å². The fraction of sp³-hybridized carbons (Fsp3) is 0.750. The van der Waals surface area contributed by atoms with Crippen molar-refractivity contribution >= 4 is 5.91 Å². The minimum Gasteiger partial charge on any atom is -0.362 e. The Labute approximate surface area is 75.2 Å². The molecule has 0 unspecified atom stereocenters. The SMILES string of the molecule is NNC(=O)[C@](O)(NN)C(F)(F)C(F)F. The molecular formula is C4H8F4N4O2. The number of amides is 1. The molecule has 6 nitrogen and oxygen atoms in total. The number of nitrogens with two attached hydrogens (primary N) is 2. The highest BCUT2D eigenvalue weighted by atomic mass is 19.3. The Morgan fingerprint density at radius 1 is 1.36 bits per heavy atom. The number of carbonyl (C=O) groups is 1. The second-order valence-electron chi connectivity index (χ2n) is 2.25. The van der Waals surface area contributed by atoms with Crippen LogP contribution in [0.25, 0.3) is 0 Å². The topological polar surface area (TPSA) is 113 Å². The van der Waals surface area contributed by atoms with Gasteiger partial charge in [-0.15, -0.1) is 0 Å². The summed E-state index contributed by atoms with van der Waals surface area (Å²) in [4.78, 5) is 10.6. The summed E-state index contributed by atoms with van der Waals surface area (Å²) >= 11 is 0. The number of alkyl halides is 4. The van der Waals surface area contributed by atoms with Gasteiger partial charge in [0.15, 0.2) is 0 Å². The van der Waals surface area contributed by atoms with E-state index in [1.54, 1.807) is 0 Å². The Morgan fingerprint density at radius 3 is 2.00 bits per heavy atom. The first-order valence-corrected chi connectivity index (χ1v) is 3.11. The van der Waals surface area contributed by atoms with Gasteiger partial charge in [0.2, 0.25) is 0 Å². The van der Waals surface area contributed by atoms with E-state index >= 15 is 0 Å². The molecule has 1 atom stereocenters. The van der Waals surface area contributed by atoms with Gasteiger partial charge in [-0.1, -0.05) is 0 Å². The molecule has 0 aromatic rings. The van der Waals surface area contributed by atoms with Crippen molar-refractivity contribution in [3.05, 3.63) is 0 Å². The van der Waals surface area contributed by atoms with Crippen LogP contribution in [-0.4, -0.2) is 29.1 Å². The Kier molecular flexibility index (Phi) is 3.76. The van der Waals surface area contributed by atoms with Crippen LogP contribution in [0.2, 0.25) is 0 Å². The second-order valence-corrected chi connectivity index (χ2v) is 2.25. The molecule has 0 radical (unpaired) electrons. The van der Waals surface area contributed by atoms with Crippen molar-refractivity contribution in [2.75, 3.05) is 0 Å². The van der Waals surface area contributed by atoms with Crippen LogP contribution < -0.4 is 22.5 Å². The molecule has 0 fully saturated rings. The summed E-state index contributed by atoms with van der Waals surface area (Å²) in [7, 11) is 0. The maximum absolute atomic E-state index is 12.6. The fourth-order valence-electron chi connectivity index (χ4n) is 0.575. The number of halogens is 4. The molecule has 0 bridgehead atoms. The highest BCUT2D eigenvalue weighted by molar-refractivity contribution is 5.85. The first-order valence-electron chi connectivity index (χ1n) is 3.11. The van der Waals surface area contributed by atoms with Gasteiger partial charge in [-0.25, -0.2) is 20.0 Å². The van der Waals surface area contributed by atoms with Gasteiger partial charge in [0.1, 0.15) is 0 Å². The zero-order valence-electron chi connectivity index (χ0n) is 6.60. The molecule has 0 heterocycles. The largest absolute Gasteiger partial charge is 0.362 e. The standard InChI is InChI=1S/C4H8F4N4O2/c5-1(6)3(7,8)4(14,12-10)2(13)11-9/h1,12,14H,9-10H2,(H,11,13)/t4-/m1/s1. The lowest BCUT2D eigenvalue weighted by molar-refractivity contribution is -0.248. The molecule has 0 aliphatic heterocycles. The van der Waals surface area contributed by atoms with Gasteiger partial charge < -0.3 is 5.11 Å². The number of nitrogens with one attached hydrogen (secondary N) is 2. The van der Waals surface area contributed by atoms with Crippen LogP contribution in [0.3, 0.4) is 0 Å². The molecular weight excluding hydrogens is 212 g/mol. The third kappa shape index (κ3) is 1.77. The maximum atomic E-state index is 12.6. The monoisotopic (exact) mass is 220 g/mol. The molecule has 1 amide bonds. The summed E-state index contributed by atoms with van der Waals surface area (Å²) < 4.78 is 48.7. The van der Waals surface area contributed by atoms with Crippen LogP contribution in [-0.2, 0) is 4.79 Å². The van der Waals surface area contributed by atoms with Gasteiger partial charge in [-0.05, 0) is 0 Å². The van der Waals surface area contributed by atoms with Gasteiger partial charge >= 0.3 is 12.3 Å². The number of carbonyl (C=O) groups excluding carboxylic acids is 1. The molecule has 0 rings (SSSR count). The number of hydrogen-bond donors (Lipinski definition) is 5. The van der Waals surface area contributed by atoms with Crippen LogP contribution >= 0.6 is 0 Å². The van der Waals surface area contributed by atoms with Gasteiger partial charge in [0.25, 0.3) is 11.6 Å². The molecule has 0 aliphatic carbocycles. The molecule has 0 spiro atoms. The molecule has 10 heteroatoms. The Bertz CT molecular complexity index is 225. The number of aliphatic hydroxyl groups is 1. The number of hydrazine groups is 2. The number of rotatable bonds is 4. The second kappa shape index (κ2) is 4.04. The first-order chi connectivity index (χ1) is 6.24. The zero-order chi connectivity index (χ0) is 11.6. The molecule has 0 aromatic carbocycles. The van der Waals surface area contributed by atoms with Crippen molar-refractivity contribution in [2.24, 2.45) is 11.7 Å². The molecule has 0 saturated heterocycles. The average molecular weight is 220 g/mol. The van der Waals surface area contributed by atoms with E-state index < -0.39 is 24.0 Å². The zero-order valence-corrected chi connectivity index (χ0v) is 6.60. The summed E-state index contributed by atoms with van der Waals surface area (Å²) in [5.41, 5.74) is -2.01. The van der Waals surface area contributed by atoms with E-state index in [9.17, 15) is 22.4 Å². The van der Waals surface area contributed by atoms with Crippen molar-refractivity contribution in [1.82, 2.24) is 10.9 Å². The van der Waals surface area contributed by atoms with Crippen molar-refractivity contribution in [3.63, 3.8) is 0 Å². The minimum absolute atomic E-state index is 0.884. The summed E-state index contributed by atoms with van der Waals surface area (Å²) in [6, 6.07) is 0. The third-order valence-corrected chi connectivity index (χ3v) is 1.43. The highest BCUT2D eigenvalue weighted by Gasteiger charge is 2.64. The van der Waals surface area contributed by atoms with E-state index in [4.69, 9.17) is 5.11 Å². The number of hydrogen-bond acceptors (Lipinski definition) is 5. The van der Waals surface area contributed by atoms with Gasteiger partial charge in [0.05, 0.1) is 0 Å². The normalized spacial score (nSPS) is 16.6. The molecule has 0 saturated carbocycles. The predicted octanol–water partition coefficient (Wildman–Crippen LogP) is -1.97. The first kappa shape index (κ1) is 13.0. The predicted molar refractivity (Wildman–Crippen MR) is 35.6 cm³/mol. The molecule has 84 valence electrons. The van der Waals surface area contributed by atoms with Gasteiger partial charge in [-0.3, -0.25) is 16.1 Å². The lowest BCUT2D eigenvalue weighted by Gasteiger charge is -2.31. The third-order valence-electron chi connectivity index (χ3n) is 1.43. The van der Waals surface area contributed by atoms with E-state index in [1.165, 1.54) is 0 Å². The quantitative estimate of drug-likeness (QED) is 0.124. The van der Waals surface area contributed by atoms with Crippen LogP contribution in [0, 0.1) is 0 Å². The van der Waals surface area contributed by atoms with E-state index in [0.717, 1.165) is 10.9 Å². The summed E-state index contributed by atoms with van der Waals surface area (Å²) in [6.07, 6.45) is -4.29. The molecule has 0 aromatic heterocycles. The van der Waals surface area contributed by atoms with E-state index in [1.807, 2.05) is 0 Å². The van der Waals surface area contributed by atoms with Crippen LogP contribution in [0.15, 0.2) is 0 Å². The van der Waals surface area contributed by atoms with E-state index in [0.29, 0.717) is 0 Å². The average Bonchev–Trinajstić information content (AvgIpc) is 2.14. The highest BCUT2D eigenvalue weighted by Crippen LogP contribution is 2.32. The summed E-state index contributed by atoms with van der Waals surface area (Å²) in [5, 5.41) is 8.83. The fourth-order valence-corrected chi connectivity index (χ4v) is 0.575. The van der Waals surface area contributed by atoms with Crippen LogP contribution in [0.1, 0.15) is 0 Å². The Morgan fingerprint density at radius 2 is 1.79 bits per heavy atom. The van der Waals surface area contributed by atoms with Gasteiger partial charge in [0, 0.05) is 0 Å². The van der Waals surface area contributed by atoms with Crippen molar-refractivity contribution in [2.45, 2.75) is 18.1 Å².